The van der Waals surface area contributed by atoms with Crippen LogP contribution in [0.15, 0.2) is 53.5 Å². The van der Waals surface area contributed by atoms with Crippen LogP contribution in [-0.2, 0) is 0 Å². The van der Waals surface area contributed by atoms with Gasteiger partial charge >= 0.3 is 5.69 Å². The number of fused-ring (bicyclic) bond motifs is 1. The normalized spacial score (nSPS) is 11.1. The molecule has 0 aliphatic rings. The molecule has 0 aliphatic carbocycles. The van der Waals surface area contributed by atoms with Gasteiger partial charge in [-0.1, -0.05) is 18.2 Å². The van der Waals surface area contributed by atoms with Crippen molar-refractivity contribution >= 4 is 11.5 Å². The molecule has 5 N–H and O–H groups in total. The number of rotatable bonds is 2. The summed E-state index contributed by atoms with van der Waals surface area (Å²) in [6.07, 6.45) is 1.39. The molecule has 0 aliphatic heterocycles. The van der Waals surface area contributed by atoms with E-state index in [1.54, 1.807) is 24.3 Å². The van der Waals surface area contributed by atoms with Crippen molar-refractivity contribution in [3.05, 3.63) is 59.1 Å². The Morgan fingerprint density at radius 2 is 1.65 bits per heavy atom. The Morgan fingerprint density at radius 3 is 2.31 bits per heavy atom. The second-order valence-electron chi connectivity index (χ2n) is 5.60. The Balaban J connectivity index is 1.95. The van der Waals surface area contributed by atoms with Crippen molar-refractivity contribution in [2.75, 3.05) is 5.73 Å². The van der Waals surface area contributed by atoms with E-state index in [1.807, 2.05) is 6.07 Å². The van der Waals surface area contributed by atoms with Crippen LogP contribution in [0.1, 0.15) is 0 Å². The summed E-state index contributed by atoms with van der Waals surface area (Å²) in [6.45, 7) is 0. The average Bonchev–Trinajstić information content (AvgIpc) is 2.97. The van der Waals surface area contributed by atoms with Gasteiger partial charge in [0.05, 0.1) is 11.4 Å². The minimum absolute atomic E-state index is 0.00124. The lowest BCUT2D eigenvalue weighted by molar-refractivity contribution is 0.368. The number of phenolic OH excluding ortho intramolecular Hbond substituents is 3. The summed E-state index contributed by atoms with van der Waals surface area (Å²) in [7, 11) is 0. The van der Waals surface area contributed by atoms with Crippen LogP contribution in [0.4, 0.5) is 5.82 Å². The SMILES string of the molecule is Nc1nc(-c2cc(O)c(O)c(O)c2)cn2c(=O)n(-c3ccccc3)nc12. The molecule has 0 radical (unpaired) electrons. The molecule has 9 nitrogen and oxygen atoms in total. The number of nitrogen functional groups attached to an aromatic ring is 1. The molecule has 0 amide bonds. The average molecular weight is 351 g/mol. The van der Waals surface area contributed by atoms with E-state index in [-0.39, 0.29) is 22.7 Å². The molecular weight excluding hydrogens is 338 g/mol. The van der Waals surface area contributed by atoms with E-state index in [0.717, 1.165) is 0 Å². The summed E-state index contributed by atoms with van der Waals surface area (Å²) in [6, 6.07) is 11.2. The third-order valence-corrected chi connectivity index (χ3v) is 3.90. The van der Waals surface area contributed by atoms with Gasteiger partial charge in [-0.2, -0.15) is 4.68 Å². The lowest BCUT2D eigenvalue weighted by Gasteiger charge is -2.06. The van der Waals surface area contributed by atoms with Crippen molar-refractivity contribution in [2.24, 2.45) is 0 Å². The maximum atomic E-state index is 12.7. The highest BCUT2D eigenvalue weighted by Crippen LogP contribution is 2.38. The summed E-state index contributed by atoms with van der Waals surface area (Å²) >= 11 is 0. The van der Waals surface area contributed by atoms with Crippen LogP contribution >= 0.6 is 0 Å². The molecule has 4 aromatic rings. The first kappa shape index (κ1) is 15.5. The van der Waals surface area contributed by atoms with Crippen LogP contribution in [0.2, 0.25) is 0 Å². The zero-order chi connectivity index (χ0) is 18.4. The van der Waals surface area contributed by atoms with Gasteiger partial charge in [0.1, 0.15) is 0 Å². The number of aromatic nitrogens is 4. The topological polar surface area (TPSA) is 139 Å². The monoisotopic (exact) mass is 351 g/mol. The van der Waals surface area contributed by atoms with E-state index in [2.05, 4.69) is 10.1 Å². The lowest BCUT2D eigenvalue weighted by Crippen LogP contribution is -2.19. The smallest absolute Gasteiger partial charge is 0.355 e. The highest BCUT2D eigenvalue weighted by atomic mass is 16.3. The first-order valence-corrected chi connectivity index (χ1v) is 7.54. The molecule has 2 heterocycles. The van der Waals surface area contributed by atoms with Crippen LogP contribution in [0.5, 0.6) is 17.2 Å². The quantitative estimate of drug-likeness (QED) is 0.399. The minimum atomic E-state index is -0.642. The van der Waals surface area contributed by atoms with Crippen molar-refractivity contribution in [3.63, 3.8) is 0 Å². The summed E-state index contributed by atoms with van der Waals surface area (Å²) in [5, 5.41) is 33.0. The van der Waals surface area contributed by atoms with Crippen LogP contribution in [0, 0.1) is 0 Å². The second kappa shape index (κ2) is 5.52. The molecule has 2 aromatic carbocycles. The Bertz CT molecular complexity index is 1170. The Hall–Kier alpha value is -4.01. The van der Waals surface area contributed by atoms with Crippen molar-refractivity contribution < 1.29 is 15.3 Å². The van der Waals surface area contributed by atoms with Gasteiger partial charge in [0.2, 0.25) is 5.65 Å². The molecule has 0 saturated carbocycles. The second-order valence-corrected chi connectivity index (χ2v) is 5.60. The van der Waals surface area contributed by atoms with Gasteiger partial charge in [0, 0.05) is 11.8 Å². The van der Waals surface area contributed by atoms with Crippen molar-refractivity contribution in [1.82, 2.24) is 19.2 Å². The molecule has 9 heteroatoms. The third-order valence-electron chi connectivity index (χ3n) is 3.90. The zero-order valence-electron chi connectivity index (χ0n) is 13.2. The summed E-state index contributed by atoms with van der Waals surface area (Å²) in [4.78, 5) is 16.9. The van der Waals surface area contributed by atoms with Crippen LogP contribution in [0.3, 0.4) is 0 Å². The standard InChI is InChI=1S/C17H13N5O4/c18-15-16-20-22(10-4-2-1-3-5-10)17(26)21(16)8-11(19-15)9-6-12(23)14(25)13(24)7-9/h1-8,23-25H,(H2,18,19). The molecule has 0 bridgehead atoms. The predicted molar refractivity (Wildman–Crippen MR) is 93.4 cm³/mol. The van der Waals surface area contributed by atoms with Gasteiger partial charge < -0.3 is 21.1 Å². The fourth-order valence-electron chi connectivity index (χ4n) is 2.63. The van der Waals surface area contributed by atoms with Gasteiger partial charge in [-0.25, -0.2) is 14.2 Å². The number of hydrogen-bond donors (Lipinski definition) is 4. The van der Waals surface area contributed by atoms with Gasteiger partial charge in [-0.05, 0) is 24.3 Å². The molecule has 0 saturated heterocycles. The number of anilines is 1. The first-order valence-electron chi connectivity index (χ1n) is 7.54. The van der Waals surface area contributed by atoms with Crippen LogP contribution in [0.25, 0.3) is 22.6 Å². The van der Waals surface area contributed by atoms with Gasteiger partial charge in [0.15, 0.2) is 23.1 Å². The predicted octanol–water partition coefficient (Wildman–Crippen LogP) is 1.25. The largest absolute Gasteiger partial charge is 0.504 e. The van der Waals surface area contributed by atoms with Crippen LogP contribution < -0.4 is 11.4 Å². The first-order chi connectivity index (χ1) is 12.5. The van der Waals surface area contributed by atoms with E-state index in [9.17, 15) is 20.1 Å². The van der Waals surface area contributed by atoms with E-state index in [4.69, 9.17) is 5.73 Å². The molecule has 130 valence electrons. The summed E-state index contributed by atoms with van der Waals surface area (Å²) < 4.78 is 2.43. The lowest BCUT2D eigenvalue weighted by atomic mass is 10.1. The Kier molecular flexibility index (Phi) is 3.29. The number of nitrogens with zero attached hydrogens (tertiary/aromatic N) is 4. The van der Waals surface area contributed by atoms with Crippen molar-refractivity contribution in [3.8, 4) is 34.2 Å². The number of aromatic hydroxyl groups is 3. The number of hydrogen-bond acceptors (Lipinski definition) is 7. The number of benzene rings is 2. The van der Waals surface area contributed by atoms with Gasteiger partial charge in [-0.3, -0.25) is 0 Å². The molecule has 0 spiro atoms. The Labute approximate surface area is 145 Å². The van der Waals surface area contributed by atoms with E-state index in [0.29, 0.717) is 5.69 Å². The van der Waals surface area contributed by atoms with Gasteiger partial charge in [0.25, 0.3) is 0 Å². The highest BCUT2D eigenvalue weighted by Gasteiger charge is 2.16. The maximum Gasteiger partial charge on any atom is 0.355 e. The molecule has 26 heavy (non-hydrogen) atoms. The van der Waals surface area contributed by atoms with Crippen molar-refractivity contribution in [2.45, 2.75) is 0 Å². The molecule has 0 fully saturated rings. The highest BCUT2D eigenvalue weighted by molar-refractivity contribution is 5.71. The van der Waals surface area contributed by atoms with E-state index < -0.39 is 22.9 Å². The van der Waals surface area contributed by atoms with Gasteiger partial charge in [-0.15, -0.1) is 5.10 Å². The number of nitrogens with two attached hydrogens (primary N) is 1. The van der Waals surface area contributed by atoms with E-state index >= 15 is 0 Å². The summed E-state index contributed by atoms with van der Waals surface area (Å²) in [5.74, 6) is -1.68. The summed E-state index contributed by atoms with van der Waals surface area (Å²) in [5.41, 5.74) is 6.72. The van der Waals surface area contributed by atoms with Crippen LogP contribution in [-0.4, -0.2) is 34.5 Å². The number of para-hydroxylation sites is 1. The fourth-order valence-corrected chi connectivity index (χ4v) is 2.63. The molecule has 2 aromatic heterocycles. The third kappa shape index (κ3) is 2.30. The molecule has 0 atom stereocenters. The minimum Gasteiger partial charge on any atom is -0.504 e. The maximum absolute atomic E-state index is 12.7. The molecule has 0 unspecified atom stereocenters. The molecular formula is C17H13N5O4. The van der Waals surface area contributed by atoms with E-state index in [1.165, 1.54) is 27.4 Å². The molecule has 4 rings (SSSR count). The zero-order valence-corrected chi connectivity index (χ0v) is 13.2. The van der Waals surface area contributed by atoms with Crippen molar-refractivity contribution in [1.29, 1.82) is 0 Å². The fraction of sp³-hybridized carbons (Fsp3) is 0. The Morgan fingerprint density at radius 1 is 1.00 bits per heavy atom. The number of phenols is 3.